The molecule has 1 fully saturated rings. The van der Waals surface area contributed by atoms with Crippen LogP contribution in [0.15, 0.2) is 35.2 Å². The molecule has 1 nitrogen and oxygen atoms in total. The first-order valence-corrected chi connectivity index (χ1v) is 8.73. The molecule has 1 unspecified atom stereocenters. The third kappa shape index (κ3) is 6.49. The number of benzene rings is 1. The van der Waals surface area contributed by atoms with Gasteiger partial charge in [0, 0.05) is 11.5 Å². The lowest BCUT2D eigenvalue weighted by atomic mass is 10.1. The van der Waals surface area contributed by atoms with Crippen LogP contribution in [0.3, 0.4) is 0 Å². The van der Waals surface area contributed by atoms with E-state index < -0.39 is 0 Å². The molecule has 1 aliphatic rings. The number of thioether (sulfide) groups is 1. The van der Waals surface area contributed by atoms with Crippen LogP contribution in [0.2, 0.25) is 0 Å². The van der Waals surface area contributed by atoms with E-state index in [2.05, 4.69) is 30.3 Å². The lowest BCUT2D eigenvalue weighted by Gasteiger charge is -2.08. The van der Waals surface area contributed by atoms with Gasteiger partial charge < -0.3 is 4.74 Å². The molecule has 2 rings (SSSR count). The van der Waals surface area contributed by atoms with E-state index in [1.54, 1.807) is 0 Å². The highest BCUT2D eigenvalue weighted by molar-refractivity contribution is 7.99. The molecule has 0 radical (unpaired) electrons. The predicted molar refractivity (Wildman–Crippen MR) is 83.8 cm³/mol. The molecule has 106 valence electrons. The van der Waals surface area contributed by atoms with Crippen molar-refractivity contribution in [3.05, 3.63) is 30.3 Å². The van der Waals surface area contributed by atoms with Crippen molar-refractivity contribution in [2.24, 2.45) is 0 Å². The van der Waals surface area contributed by atoms with Crippen LogP contribution in [0.1, 0.15) is 51.4 Å². The third-order valence-corrected chi connectivity index (χ3v) is 4.80. The first-order valence-electron chi connectivity index (χ1n) is 7.74. The highest BCUT2D eigenvalue weighted by Gasteiger charge is 2.14. The molecule has 0 saturated carbocycles. The summed E-state index contributed by atoms with van der Waals surface area (Å²) in [5, 5.41) is 0. The maximum Gasteiger partial charge on any atom is 0.0576 e. The smallest absolute Gasteiger partial charge is 0.0576 e. The molecule has 1 saturated heterocycles. The van der Waals surface area contributed by atoms with Crippen LogP contribution in [-0.4, -0.2) is 18.5 Å². The zero-order valence-electron chi connectivity index (χ0n) is 11.9. The maximum absolute atomic E-state index is 5.64. The second-order valence-electron chi connectivity index (χ2n) is 5.35. The Balaban J connectivity index is 1.38. The van der Waals surface area contributed by atoms with Gasteiger partial charge in [-0.1, -0.05) is 43.9 Å². The van der Waals surface area contributed by atoms with Crippen molar-refractivity contribution in [2.45, 2.75) is 62.4 Å². The Morgan fingerprint density at radius 3 is 2.58 bits per heavy atom. The van der Waals surface area contributed by atoms with Gasteiger partial charge in [-0.15, -0.1) is 11.8 Å². The van der Waals surface area contributed by atoms with Crippen molar-refractivity contribution >= 4 is 11.8 Å². The second kappa shape index (κ2) is 9.44. The summed E-state index contributed by atoms with van der Waals surface area (Å²) < 4.78 is 5.64. The highest BCUT2D eigenvalue weighted by Crippen LogP contribution is 2.21. The van der Waals surface area contributed by atoms with Crippen molar-refractivity contribution in [3.8, 4) is 0 Å². The molecule has 1 atom stereocenters. The molecule has 1 aromatic carbocycles. The van der Waals surface area contributed by atoms with Crippen LogP contribution in [0, 0.1) is 0 Å². The van der Waals surface area contributed by atoms with E-state index in [-0.39, 0.29) is 0 Å². The summed E-state index contributed by atoms with van der Waals surface area (Å²) in [5.74, 6) is 1.26. The maximum atomic E-state index is 5.64. The Kier molecular flexibility index (Phi) is 7.41. The van der Waals surface area contributed by atoms with Crippen LogP contribution in [0.25, 0.3) is 0 Å². The van der Waals surface area contributed by atoms with Crippen molar-refractivity contribution < 1.29 is 4.74 Å². The number of unbranched alkanes of at least 4 members (excludes halogenated alkanes) is 4. The van der Waals surface area contributed by atoms with Gasteiger partial charge in [0.25, 0.3) is 0 Å². The topological polar surface area (TPSA) is 9.23 Å². The van der Waals surface area contributed by atoms with E-state index in [4.69, 9.17) is 4.74 Å². The third-order valence-electron chi connectivity index (χ3n) is 3.71. The molecule has 19 heavy (non-hydrogen) atoms. The summed E-state index contributed by atoms with van der Waals surface area (Å²) in [6.07, 6.45) is 11.3. The van der Waals surface area contributed by atoms with Crippen molar-refractivity contribution in [1.82, 2.24) is 0 Å². The van der Waals surface area contributed by atoms with Crippen LogP contribution < -0.4 is 0 Å². The minimum atomic E-state index is 0.591. The Hall–Kier alpha value is -0.470. The van der Waals surface area contributed by atoms with Gasteiger partial charge in [-0.2, -0.15) is 0 Å². The lowest BCUT2D eigenvalue weighted by molar-refractivity contribution is 0.102. The molecule has 2 heteroatoms. The molecule has 0 aliphatic carbocycles. The summed E-state index contributed by atoms with van der Waals surface area (Å²) in [7, 11) is 0. The van der Waals surface area contributed by atoms with E-state index in [0.29, 0.717) is 6.10 Å². The van der Waals surface area contributed by atoms with Gasteiger partial charge in [0.1, 0.15) is 0 Å². The molecule has 0 bridgehead atoms. The summed E-state index contributed by atoms with van der Waals surface area (Å²) in [6.45, 7) is 1.00. The number of ether oxygens (including phenoxy) is 1. The van der Waals surface area contributed by atoms with Crippen LogP contribution in [0.4, 0.5) is 0 Å². The summed E-state index contributed by atoms with van der Waals surface area (Å²) in [6, 6.07) is 10.7. The Bertz CT molecular complexity index is 319. The fraction of sp³-hybridized carbons (Fsp3) is 0.647. The van der Waals surface area contributed by atoms with Gasteiger partial charge >= 0.3 is 0 Å². The van der Waals surface area contributed by atoms with E-state index >= 15 is 0 Å². The van der Waals surface area contributed by atoms with E-state index in [1.165, 1.54) is 62.0 Å². The first-order chi connectivity index (χ1) is 9.45. The predicted octanol–water partition coefficient (Wildman–Crippen LogP) is 5.30. The van der Waals surface area contributed by atoms with E-state index in [1.807, 2.05) is 11.8 Å². The van der Waals surface area contributed by atoms with Crippen LogP contribution in [0.5, 0.6) is 0 Å². The van der Waals surface area contributed by atoms with Gasteiger partial charge in [-0.3, -0.25) is 0 Å². The lowest BCUT2D eigenvalue weighted by Crippen LogP contribution is -2.03. The van der Waals surface area contributed by atoms with Gasteiger partial charge in [-0.25, -0.2) is 0 Å². The largest absolute Gasteiger partial charge is 0.378 e. The van der Waals surface area contributed by atoms with Gasteiger partial charge in [0.2, 0.25) is 0 Å². The van der Waals surface area contributed by atoms with E-state index in [0.717, 1.165) is 6.61 Å². The fourth-order valence-corrected chi connectivity index (χ4v) is 3.52. The molecule has 1 aliphatic heterocycles. The van der Waals surface area contributed by atoms with Gasteiger partial charge in [-0.05, 0) is 43.6 Å². The van der Waals surface area contributed by atoms with Crippen molar-refractivity contribution in [3.63, 3.8) is 0 Å². The molecule has 0 aromatic heterocycles. The normalized spacial score (nSPS) is 18.8. The molecular formula is C17H26OS. The molecule has 0 N–H and O–H groups in total. The second-order valence-corrected chi connectivity index (χ2v) is 6.52. The Morgan fingerprint density at radius 1 is 1.00 bits per heavy atom. The number of hydrogen-bond acceptors (Lipinski definition) is 2. The average molecular weight is 278 g/mol. The monoisotopic (exact) mass is 278 g/mol. The average Bonchev–Trinajstić information content (AvgIpc) is 2.96. The Morgan fingerprint density at radius 2 is 1.79 bits per heavy atom. The molecule has 1 aromatic rings. The van der Waals surface area contributed by atoms with Crippen LogP contribution >= 0.6 is 11.8 Å². The minimum Gasteiger partial charge on any atom is -0.378 e. The van der Waals surface area contributed by atoms with Crippen molar-refractivity contribution in [1.29, 1.82) is 0 Å². The van der Waals surface area contributed by atoms with Gasteiger partial charge in [0.05, 0.1) is 6.10 Å². The Labute approximate surface area is 122 Å². The van der Waals surface area contributed by atoms with Crippen LogP contribution in [-0.2, 0) is 4.74 Å². The SMILES string of the molecule is c1ccc(SCCCCCCCC2CCCO2)cc1. The van der Waals surface area contributed by atoms with Gasteiger partial charge in [0.15, 0.2) is 0 Å². The fourth-order valence-electron chi connectivity index (χ4n) is 2.58. The summed E-state index contributed by atoms with van der Waals surface area (Å²) in [5.41, 5.74) is 0. The summed E-state index contributed by atoms with van der Waals surface area (Å²) >= 11 is 1.98. The zero-order valence-corrected chi connectivity index (χ0v) is 12.7. The summed E-state index contributed by atoms with van der Waals surface area (Å²) in [4.78, 5) is 1.40. The highest BCUT2D eigenvalue weighted by atomic mass is 32.2. The molecule has 1 heterocycles. The van der Waals surface area contributed by atoms with Crippen molar-refractivity contribution in [2.75, 3.05) is 12.4 Å². The minimum absolute atomic E-state index is 0.591. The molecule has 0 spiro atoms. The first kappa shape index (κ1) is 14.9. The van der Waals surface area contributed by atoms with E-state index in [9.17, 15) is 0 Å². The standard InChI is InChI=1S/C17H26OS/c1(2-5-10-16-11-9-14-18-16)3-8-15-19-17-12-6-4-7-13-17/h4,6-7,12-13,16H,1-3,5,8-11,14-15H2. The molecular weight excluding hydrogens is 252 g/mol. The number of hydrogen-bond donors (Lipinski definition) is 0. The number of rotatable bonds is 9. The quantitative estimate of drug-likeness (QED) is 0.448. The zero-order chi connectivity index (χ0) is 13.2. The molecule has 0 amide bonds.